The molecule has 2 atom stereocenters. The van der Waals surface area contributed by atoms with Crippen LogP contribution in [0.25, 0.3) is 0 Å². The van der Waals surface area contributed by atoms with Crippen LogP contribution in [0, 0.1) is 10.1 Å². The van der Waals surface area contributed by atoms with Crippen molar-refractivity contribution in [3.05, 3.63) is 106 Å². The fraction of sp³-hybridized carbons (Fsp3) is 0.136. The van der Waals surface area contributed by atoms with Crippen LogP contribution in [0.4, 0.5) is 5.69 Å². The first-order valence-electron chi connectivity index (χ1n) is 9.12. The van der Waals surface area contributed by atoms with Gasteiger partial charge in [-0.25, -0.2) is 5.01 Å². The minimum atomic E-state index is -0.650. The van der Waals surface area contributed by atoms with Crippen LogP contribution in [0.3, 0.4) is 0 Å². The summed E-state index contributed by atoms with van der Waals surface area (Å²) >= 11 is 0. The lowest BCUT2D eigenvalue weighted by molar-refractivity contribution is -0.386. The van der Waals surface area contributed by atoms with Gasteiger partial charge >= 0.3 is 0 Å². The molecule has 0 aliphatic carbocycles. The van der Waals surface area contributed by atoms with E-state index < -0.39 is 6.23 Å². The zero-order valence-electron chi connectivity index (χ0n) is 14.9. The van der Waals surface area contributed by atoms with Crippen LogP contribution in [0.2, 0.25) is 0 Å². The zero-order chi connectivity index (χ0) is 19.1. The van der Waals surface area contributed by atoms with Gasteiger partial charge in [0, 0.05) is 18.1 Å². The third-order valence-electron chi connectivity index (χ3n) is 5.21. The Labute approximate surface area is 161 Å². The van der Waals surface area contributed by atoms with Crippen LogP contribution in [-0.4, -0.2) is 15.6 Å². The van der Waals surface area contributed by atoms with E-state index in [0.29, 0.717) is 5.56 Å². The van der Waals surface area contributed by atoms with E-state index in [9.17, 15) is 10.1 Å². The highest BCUT2D eigenvalue weighted by Crippen LogP contribution is 2.48. The van der Waals surface area contributed by atoms with E-state index >= 15 is 0 Å². The van der Waals surface area contributed by atoms with Crippen LogP contribution < -0.4 is 4.74 Å². The number of benzene rings is 3. The van der Waals surface area contributed by atoms with Gasteiger partial charge in [-0.2, -0.15) is 5.10 Å². The molecule has 3 aromatic carbocycles. The van der Waals surface area contributed by atoms with Crippen molar-refractivity contribution >= 4 is 11.4 Å². The molecule has 5 rings (SSSR count). The second-order valence-corrected chi connectivity index (χ2v) is 6.84. The molecule has 2 aliphatic rings. The van der Waals surface area contributed by atoms with E-state index in [-0.39, 0.29) is 16.7 Å². The van der Waals surface area contributed by atoms with Crippen molar-refractivity contribution in [3.8, 4) is 5.75 Å². The highest BCUT2D eigenvalue weighted by atomic mass is 16.6. The molecule has 3 aromatic rings. The third kappa shape index (κ3) is 2.62. The molecular weight excluding hydrogens is 354 g/mol. The lowest BCUT2D eigenvalue weighted by Gasteiger charge is -2.37. The standard InChI is InChI=1S/C22H17N3O3/c26-25(27)19-12-6-4-11-17(19)22-24-20(16-10-5-7-13-21(16)28-22)14-18(23-24)15-8-2-1-3-9-15/h1-13,20,22H,14H2/t20-,22-/m0/s1. The second-order valence-electron chi connectivity index (χ2n) is 6.84. The lowest BCUT2D eigenvalue weighted by atomic mass is 9.96. The molecule has 2 aliphatic heterocycles. The Kier molecular flexibility index (Phi) is 3.83. The SMILES string of the molecule is O=[N+]([O-])c1ccccc1[C@@H]1Oc2ccccc2[C@@H]2CC(c3ccccc3)=NN21. The molecular formula is C22H17N3O3. The number of hydrogen-bond acceptors (Lipinski definition) is 5. The molecule has 0 radical (unpaired) electrons. The van der Waals surface area contributed by atoms with Crippen LogP contribution in [0.5, 0.6) is 5.75 Å². The number of hydrazone groups is 1. The van der Waals surface area contributed by atoms with Gasteiger partial charge in [0.1, 0.15) is 5.75 Å². The maximum atomic E-state index is 11.6. The minimum absolute atomic E-state index is 0.0232. The van der Waals surface area contributed by atoms with Gasteiger partial charge in [0.05, 0.1) is 22.2 Å². The van der Waals surface area contributed by atoms with E-state index in [4.69, 9.17) is 9.84 Å². The predicted molar refractivity (Wildman–Crippen MR) is 105 cm³/mol. The highest BCUT2D eigenvalue weighted by Gasteiger charge is 2.42. The molecule has 0 spiro atoms. The van der Waals surface area contributed by atoms with Crippen molar-refractivity contribution in [3.63, 3.8) is 0 Å². The number of fused-ring (bicyclic) bond motifs is 3. The molecule has 0 saturated heterocycles. The summed E-state index contributed by atoms with van der Waals surface area (Å²) in [5.74, 6) is 0.747. The number of ether oxygens (including phenoxy) is 1. The van der Waals surface area contributed by atoms with Crippen LogP contribution in [0.1, 0.15) is 35.4 Å². The topological polar surface area (TPSA) is 68.0 Å². The quantitative estimate of drug-likeness (QED) is 0.488. The fourth-order valence-electron chi connectivity index (χ4n) is 3.91. The molecule has 6 nitrogen and oxygen atoms in total. The largest absolute Gasteiger partial charge is 0.464 e. The Morgan fingerprint density at radius 3 is 2.39 bits per heavy atom. The van der Waals surface area contributed by atoms with E-state index in [0.717, 1.165) is 29.0 Å². The van der Waals surface area contributed by atoms with Gasteiger partial charge in [-0.15, -0.1) is 0 Å². The van der Waals surface area contributed by atoms with E-state index in [1.807, 2.05) is 59.6 Å². The maximum Gasteiger partial charge on any atom is 0.278 e. The molecule has 0 fully saturated rings. The molecule has 0 N–H and O–H groups in total. The number of nitro groups is 1. The summed E-state index contributed by atoms with van der Waals surface area (Å²) in [4.78, 5) is 11.2. The van der Waals surface area contributed by atoms with Gasteiger partial charge < -0.3 is 4.74 Å². The van der Waals surface area contributed by atoms with E-state index in [2.05, 4.69) is 0 Å². The van der Waals surface area contributed by atoms with Crippen LogP contribution in [-0.2, 0) is 0 Å². The number of nitrogens with zero attached hydrogens (tertiary/aromatic N) is 3. The monoisotopic (exact) mass is 371 g/mol. The van der Waals surface area contributed by atoms with Gasteiger partial charge in [-0.1, -0.05) is 60.7 Å². The van der Waals surface area contributed by atoms with Crippen molar-refractivity contribution in [1.29, 1.82) is 0 Å². The number of hydrogen-bond donors (Lipinski definition) is 0. The molecule has 0 bridgehead atoms. The summed E-state index contributed by atoms with van der Waals surface area (Å²) in [5, 5.41) is 18.3. The average Bonchev–Trinajstić information content (AvgIpc) is 3.19. The third-order valence-corrected chi connectivity index (χ3v) is 5.21. The Morgan fingerprint density at radius 2 is 1.61 bits per heavy atom. The predicted octanol–water partition coefficient (Wildman–Crippen LogP) is 4.84. The number of nitro benzene ring substituents is 1. The smallest absolute Gasteiger partial charge is 0.278 e. The molecule has 2 heterocycles. The first-order chi connectivity index (χ1) is 13.7. The Morgan fingerprint density at radius 1 is 0.929 bits per heavy atom. The highest BCUT2D eigenvalue weighted by molar-refractivity contribution is 6.01. The average molecular weight is 371 g/mol. The summed E-state index contributed by atoms with van der Waals surface area (Å²) in [6.07, 6.45) is 0.0735. The van der Waals surface area contributed by atoms with Crippen molar-refractivity contribution in [2.45, 2.75) is 18.7 Å². The van der Waals surface area contributed by atoms with Crippen LogP contribution >= 0.6 is 0 Å². The van der Waals surface area contributed by atoms with Gasteiger partial charge in [0.25, 0.3) is 5.69 Å². The lowest BCUT2D eigenvalue weighted by Crippen LogP contribution is -2.34. The Bertz CT molecular complexity index is 1080. The maximum absolute atomic E-state index is 11.6. The van der Waals surface area contributed by atoms with E-state index in [1.54, 1.807) is 18.2 Å². The van der Waals surface area contributed by atoms with Crippen molar-refractivity contribution < 1.29 is 9.66 Å². The summed E-state index contributed by atoms with van der Waals surface area (Å²) in [6, 6.07) is 24.5. The first kappa shape index (κ1) is 16.5. The minimum Gasteiger partial charge on any atom is -0.464 e. The molecule has 0 aromatic heterocycles. The fourth-order valence-corrected chi connectivity index (χ4v) is 3.91. The van der Waals surface area contributed by atoms with Gasteiger partial charge in [-0.05, 0) is 17.7 Å². The summed E-state index contributed by atoms with van der Waals surface area (Å²) in [5.41, 5.74) is 3.59. The molecule has 138 valence electrons. The van der Waals surface area contributed by atoms with Gasteiger partial charge in [-0.3, -0.25) is 10.1 Å². The van der Waals surface area contributed by atoms with E-state index in [1.165, 1.54) is 6.07 Å². The van der Waals surface area contributed by atoms with Gasteiger partial charge in [0.15, 0.2) is 0 Å². The summed E-state index contributed by atoms with van der Waals surface area (Å²) in [6.45, 7) is 0. The Hall–Kier alpha value is -3.67. The molecule has 28 heavy (non-hydrogen) atoms. The Balaban J connectivity index is 1.64. The van der Waals surface area contributed by atoms with Crippen LogP contribution in [0.15, 0.2) is 84.0 Å². The second kappa shape index (κ2) is 6.49. The molecule has 0 saturated carbocycles. The number of para-hydroxylation sites is 2. The summed E-state index contributed by atoms with van der Waals surface area (Å²) in [7, 11) is 0. The van der Waals surface area contributed by atoms with Crippen molar-refractivity contribution in [2.75, 3.05) is 0 Å². The molecule has 6 heteroatoms. The first-order valence-corrected chi connectivity index (χ1v) is 9.12. The summed E-state index contributed by atoms with van der Waals surface area (Å²) < 4.78 is 6.22. The molecule has 0 unspecified atom stereocenters. The number of rotatable bonds is 3. The normalized spacial score (nSPS) is 20.0. The van der Waals surface area contributed by atoms with Crippen molar-refractivity contribution in [1.82, 2.24) is 5.01 Å². The van der Waals surface area contributed by atoms with Gasteiger partial charge in [0.2, 0.25) is 6.23 Å². The van der Waals surface area contributed by atoms with Crippen molar-refractivity contribution in [2.24, 2.45) is 5.10 Å². The zero-order valence-corrected chi connectivity index (χ0v) is 14.9. The molecule has 0 amide bonds.